The number of benzene rings is 2. The van der Waals surface area contributed by atoms with Crippen LogP contribution < -0.4 is 10.3 Å². The topological polar surface area (TPSA) is 61.8 Å². The quantitative estimate of drug-likeness (QED) is 0.928. The van der Waals surface area contributed by atoms with Crippen molar-refractivity contribution < 1.29 is 9.59 Å². The van der Waals surface area contributed by atoms with Crippen molar-refractivity contribution in [2.24, 2.45) is 5.10 Å². The van der Waals surface area contributed by atoms with Crippen LogP contribution in [0.2, 0.25) is 5.02 Å². The number of hydrazone groups is 1. The molecule has 1 heterocycles. The summed E-state index contributed by atoms with van der Waals surface area (Å²) in [5.41, 5.74) is 1.96. The molecular weight excluding hydrogens is 326 g/mol. The summed E-state index contributed by atoms with van der Waals surface area (Å²) in [6, 6.07) is 16.3. The number of nitrogens with one attached hydrogen (secondary N) is 1. The minimum absolute atomic E-state index is 0.115. The number of nitrogens with zero attached hydrogens (tertiary/aromatic N) is 2. The SMILES string of the molecule is O=C(NCc1ccc(Cl)cc1)C1=NN(c2ccccc2)C(=O)CC1. The number of anilines is 1. The molecule has 0 unspecified atom stereocenters. The van der Waals surface area contributed by atoms with Crippen molar-refractivity contribution in [1.29, 1.82) is 0 Å². The highest BCUT2D eigenvalue weighted by Crippen LogP contribution is 2.19. The fraction of sp³-hybridized carbons (Fsp3) is 0.167. The first-order valence-corrected chi connectivity index (χ1v) is 7.99. The Bertz CT molecular complexity index is 773. The van der Waals surface area contributed by atoms with Crippen LogP contribution in [0.3, 0.4) is 0 Å². The van der Waals surface area contributed by atoms with Crippen molar-refractivity contribution in [1.82, 2.24) is 5.32 Å². The van der Waals surface area contributed by atoms with Crippen LogP contribution in [0, 0.1) is 0 Å². The first kappa shape index (κ1) is 16.2. The van der Waals surface area contributed by atoms with Gasteiger partial charge in [-0.1, -0.05) is 41.9 Å². The maximum Gasteiger partial charge on any atom is 0.267 e. The molecule has 0 aromatic heterocycles. The molecule has 2 aromatic rings. The van der Waals surface area contributed by atoms with Gasteiger partial charge in [0.1, 0.15) is 5.71 Å². The highest BCUT2D eigenvalue weighted by atomic mass is 35.5. The Labute approximate surface area is 144 Å². The third kappa shape index (κ3) is 3.81. The molecule has 5 nitrogen and oxygen atoms in total. The Morgan fingerprint density at radius 2 is 1.79 bits per heavy atom. The average Bonchev–Trinajstić information content (AvgIpc) is 2.62. The van der Waals surface area contributed by atoms with Gasteiger partial charge in [-0.3, -0.25) is 9.59 Å². The van der Waals surface area contributed by atoms with Crippen LogP contribution in [-0.4, -0.2) is 17.5 Å². The molecule has 0 bridgehead atoms. The van der Waals surface area contributed by atoms with Gasteiger partial charge in [-0.2, -0.15) is 5.10 Å². The van der Waals surface area contributed by atoms with Crippen molar-refractivity contribution in [3.63, 3.8) is 0 Å². The Morgan fingerprint density at radius 1 is 1.08 bits per heavy atom. The van der Waals surface area contributed by atoms with Gasteiger partial charge in [-0.25, -0.2) is 5.01 Å². The summed E-state index contributed by atoms with van der Waals surface area (Å²) in [5, 5.41) is 8.99. The van der Waals surface area contributed by atoms with E-state index < -0.39 is 0 Å². The molecule has 24 heavy (non-hydrogen) atoms. The summed E-state index contributed by atoms with van der Waals surface area (Å²) in [4.78, 5) is 24.4. The highest BCUT2D eigenvalue weighted by Gasteiger charge is 2.25. The fourth-order valence-corrected chi connectivity index (χ4v) is 2.50. The second-order valence-electron chi connectivity index (χ2n) is 5.40. The first-order chi connectivity index (χ1) is 11.6. The van der Waals surface area contributed by atoms with E-state index in [4.69, 9.17) is 11.6 Å². The van der Waals surface area contributed by atoms with E-state index in [1.54, 1.807) is 24.3 Å². The fourth-order valence-electron chi connectivity index (χ4n) is 2.37. The number of rotatable bonds is 4. The molecule has 1 aliphatic heterocycles. The van der Waals surface area contributed by atoms with Crippen molar-refractivity contribution in [2.45, 2.75) is 19.4 Å². The molecule has 0 atom stereocenters. The van der Waals surface area contributed by atoms with Crippen molar-refractivity contribution in [2.75, 3.05) is 5.01 Å². The summed E-state index contributed by atoms with van der Waals surface area (Å²) < 4.78 is 0. The van der Waals surface area contributed by atoms with Crippen LogP contribution in [0.4, 0.5) is 5.69 Å². The third-order valence-electron chi connectivity index (χ3n) is 3.66. The lowest BCUT2D eigenvalue weighted by Gasteiger charge is -2.23. The van der Waals surface area contributed by atoms with Gasteiger partial charge in [0.25, 0.3) is 5.91 Å². The average molecular weight is 342 g/mol. The smallest absolute Gasteiger partial charge is 0.267 e. The Balaban J connectivity index is 1.69. The van der Waals surface area contributed by atoms with E-state index in [1.165, 1.54) is 5.01 Å². The lowest BCUT2D eigenvalue weighted by atomic mass is 10.1. The van der Waals surface area contributed by atoms with Gasteiger partial charge in [0.05, 0.1) is 5.69 Å². The van der Waals surface area contributed by atoms with E-state index in [-0.39, 0.29) is 18.2 Å². The van der Waals surface area contributed by atoms with E-state index in [9.17, 15) is 9.59 Å². The molecule has 2 aromatic carbocycles. The predicted molar refractivity (Wildman–Crippen MR) is 93.9 cm³/mol. The molecule has 0 saturated carbocycles. The van der Waals surface area contributed by atoms with Gasteiger partial charge in [-0.15, -0.1) is 0 Å². The Hall–Kier alpha value is -2.66. The summed E-state index contributed by atoms with van der Waals surface area (Å²) in [5.74, 6) is -0.381. The maximum atomic E-state index is 12.3. The van der Waals surface area contributed by atoms with E-state index >= 15 is 0 Å². The summed E-state index contributed by atoms with van der Waals surface area (Å²) in [6.45, 7) is 0.383. The molecule has 6 heteroatoms. The van der Waals surface area contributed by atoms with Crippen LogP contribution in [0.1, 0.15) is 18.4 Å². The normalized spacial score (nSPS) is 14.3. The van der Waals surface area contributed by atoms with Gasteiger partial charge in [0, 0.05) is 24.4 Å². The lowest BCUT2D eigenvalue weighted by molar-refractivity contribution is -0.119. The molecule has 3 rings (SSSR count). The molecule has 1 N–H and O–H groups in total. The molecule has 0 saturated heterocycles. The van der Waals surface area contributed by atoms with Crippen LogP contribution in [0.15, 0.2) is 59.7 Å². The zero-order valence-corrected chi connectivity index (χ0v) is 13.7. The number of halogens is 1. The number of amides is 2. The van der Waals surface area contributed by atoms with Crippen LogP contribution in [0.5, 0.6) is 0 Å². The highest BCUT2D eigenvalue weighted by molar-refractivity contribution is 6.40. The van der Waals surface area contributed by atoms with E-state index in [0.717, 1.165) is 5.56 Å². The van der Waals surface area contributed by atoms with Gasteiger partial charge in [0.2, 0.25) is 5.91 Å². The summed E-state index contributed by atoms with van der Waals surface area (Å²) >= 11 is 5.84. The van der Waals surface area contributed by atoms with Crippen molar-refractivity contribution in [3.05, 3.63) is 65.2 Å². The van der Waals surface area contributed by atoms with Gasteiger partial charge in [-0.05, 0) is 29.8 Å². The minimum atomic E-state index is -0.265. The molecular formula is C18H16ClN3O2. The molecule has 0 fully saturated rings. The van der Waals surface area contributed by atoms with E-state index in [1.807, 2.05) is 30.3 Å². The second-order valence-corrected chi connectivity index (χ2v) is 5.83. The maximum absolute atomic E-state index is 12.3. The zero-order chi connectivity index (χ0) is 16.9. The molecule has 0 aliphatic carbocycles. The van der Waals surface area contributed by atoms with Gasteiger partial charge >= 0.3 is 0 Å². The first-order valence-electron chi connectivity index (χ1n) is 7.61. The number of hydrogen-bond donors (Lipinski definition) is 1. The Morgan fingerprint density at radius 3 is 2.50 bits per heavy atom. The monoisotopic (exact) mass is 341 g/mol. The van der Waals surface area contributed by atoms with Gasteiger partial charge < -0.3 is 5.32 Å². The number of carbonyl (C=O) groups is 2. The van der Waals surface area contributed by atoms with Crippen LogP contribution in [0.25, 0.3) is 0 Å². The van der Waals surface area contributed by atoms with Crippen molar-refractivity contribution >= 4 is 34.8 Å². The van der Waals surface area contributed by atoms with E-state index in [0.29, 0.717) is 29.4 Å². The Kier molecular flexibility index (Phi) is 4.91. The minimum Gasteiger partial charge on any atom is -0.347 e. The number of hydrogen-bond acceptors (Lipinski definition) is 3. The molecule has 1 aliphatic rings. The van der Waals surface area contributed by atoms with Crippen LogP contribution >= 0.6 is 11.6 Å². The third-order valence-corrected chi connectivity index (χ3v) is 3.91. The molecule has 0 radical (unpaired) electrons. The zero-order valence-electron chi connectivity index (χ0n) is 12.9. The summed E-state index contributed by atoms with van der Waals surface area (Å²) in [7, 11) is 0. The van der Waals surface area contributed by atoms with Gasteiger partial charge in [0.15, 0.2) is 0 Å². The standard InChI is InChI=1S/C18H16ClN3O2/c19-14-8-6-13(7-9-14)12-20-18(24)16-10-11-17(23)22(21-16)15-4-2-1-3-5-15/h1-9H,10-12H2,(H,20,24). The molecule has 2 amide bonds. The molecule has 0 spiro atoms. The predicted octanol–water partition coefficient (Wildman–Crippen LogP) is 3.14. The second kappa shape index (κ2) is 7.27. The van der Waals surface area contributed by atoms with Crippen LogP contribution in [-0.2, 0) is 16.1 Å². The molecule has 122 valence electrons. The van der Waals surface area contributed by atoms with E-state index in [2.05, 4.69) is 10.4 Å². The van der Waals surface area contributed by atoms with Crippen molar-refractivity contribution in [3.8, 4) is 0 Å². The number of para-hydroxylation sites is 1. The summed E-state index contributed by atoms with van der Waals surface area (Å²) in [6.07, 6.45) is 0.608. The number of carbonyl (C=O) groups excluding carboxylic acids is 2. The largest absolute Gasteiger partial charge is 0.347 e. The lowest BCUT2D eigenvalue weighted by Crippen LogP contribution is -2.38.